The molecule has 0 aromatic heterocycles. The lowest BCUT2D eigenvalue weighted by Gasteiger charge is -2.19. The number of aromatic hydroxyl groups is 4. The van der Waals surface area contributed by atoms with Crippen molar-refractivity contribution in [2.24, 2.45) is 0 Å². The molecule has 2 unspecified atom stereocenters. The largest absolute Gasteiger partial charge is 0.508 e. The molecule has 0 aliphatic rings. The second-order valence-electron chi connectivity index (χ2n) is 11.7. The van der Waals surface area contributed by atoms with Gasteiger partial charge in [-0.1, -0.05) is 85.5 Å². The third-order valence-corrected chi connectivity index (χ3v) is 7.83. The highest BCUT2D eigenvalue weighted by molar-refractivity contribution is 5.94. The molecule has 0 radical (unpaired) electrons. The monoisotopic (exact) mass is 616 g/mol. The molecule has 0 aliphatic carbocycles. The van der Waals surface area contributed by atoms with Crippen molar-refractivity contribution in [2.45, 2.75) is 155 Å². The van der Waals surface area contributed by atoms with Crippen LogP contribution in [0.15, 0.2) is 30.3 Å². The minimum absolute atomic E-state index is 0.0602. The van der Waals surface area contributed by atoms with E-state index in [-0.39, 0.29) is 40.8 Å². The molecule has 2 aromatic carbocycles. The number of phenols is 4. The van der Waals surface area contributed by atoms with Gasteiger partial charge in [0, 0.05) is 12.1 Å². The molecule has 0 fully saturated rings. The summed E-state index contributed by atoms with van der Waals surface area (Å²) in [4.78, 5) is 13.2. The van der Waals surface area contributed by atoms with Crippen molar-refractivity contribution in [1.29, 1.82) is 0 Å². The minimum Gasteiger partial charge on any atom is -0.508 e. The Labute approximate surface area is 266 Å². The van der Waals surface area contributed by atoms with E-state index in [9.17, 15) is 30.3 Å². The molecule has 0 bridgehead atoms. The van der Waals surface area contributed by atoms with Crippen LogP contribution in [0.2, 0.25) is 0 Å². The number of ether oxygens (including phenoxy) is 1. The summed E-state index contributed by atoms with van der Waals surface area (Å²) < 4.78 is 5.90. The second kappa shape index (κ2) is 23.5. The molecule has 7 heteroatoms. The summed E-state index contributed by atoms with van der Waals surface area (Å²) in [5.41, 5.74) is 1.71. The van der Waals surface area contributed by atoms with Crippen molar-refractivity contribution in [2.75, 3.05) is 0 Å². The molecule has 0 aliphatic heterocycles. The number of esters is 1. The van der Waals surface area contributed by atoms with Crippen molar-refractivity contribution in [1.82, 2.24) is 0 Å². The summed E-state index contributed by atoms with van der Waals surface area (Å²) in [7, 11) is 0. The Morgan fingerprint density at radius 3 is 1.77 bits per heavy atom. The van der Waals surface area contributed by atoms with Crippen molar-refractivity contribution >= 4 is 5.97 Å². The molecule has 2 aromatic rings. The summed E-state index contributed by atoms with van der Waals surface area (Å²) in [6.07, 6.45) is 16.0. The smallest absolute Gasteiger partial charge is 0.342 e. The number of hydrogen-bond donors (Lipinski definition) is 5. The van der Waals surface area contributed by atoms with Crippen LogP contribution >= 0.6 is 0 Å². The second-order valence-corrected chi connectivity index (χ2v) is 11.7. The maximum Gasteiger partial charge on any atom is 0.342 e. The van der Waals surface area contributed by atoms with Crippen molar-refractivity contribution < 1.29 is 35.1 Å². The van der Waals surface area contributed by atoms with Crippen LogP contribution < -0.4 is 0 Å². The number of aliphatic hydroxyl groups is 1. The fraction of sp³-hybridized carbons (Fsp3) is 0.649. The molecule has 0 saturated carbocycles. The highest BCUT2D eigenvalue weighted by Crippen LogP contribution is 2.30. The lowest BCUT2D eigenvalue weighted by atomic mass is 9.98. The molecular formula is C37H60O7. The normalized spacial score (nSPS) is 12.3. The Balaban J connectivity index is 0.00000474. The number of aliphatic hydroxyl groups excluding tert-OH is 1. The van der Waals surface area contributed by atoms with Gasteiger partial charge in [0.25, 0.3) is 0 Å². The quantitative estimate of drug-likeness (QED) is 0.0658. The van der Waals surface area contributed by atoms with Crippen LogP contribution in [0.25, 0.3) is 0 Å². The first-order chi connectivity index (χ1) is 21.2. The number of benzene rings is 2. The van der Waals surface area contributed by atoms with E-state index in [1.165, 1.54) is 12.1 Å². The van der Waals surface area contributed by atoms with Crippen molar-refractivity contribution in [3.05, 3.63) is 47.0 Å². The number of phenolic OH excluding ortho intramolecular Hbond substituents is 4. The summed E-state index contributed by atoms with van der Waals surface area (Å²) in [5, 5.41) is 49.7. The number of unbranched alkanes of at least 4 members (excludes halogenated alkanes) is 8. The topological polar surface area (TPSA) is 127 Å². The molecular weight excluding hydrogens is 556 g/mol. The van der Waals surface area contributed by atoms with Gasteiger partial charge in [0.1, 0.15) is 34.7 Å². The predicted octanol–water partition coefficient (Wildman–Crippen LogP) is 9.49. The lowest BCUT2D eigenvalue weighted by Crippen LogP contribution is -2.19. The van der Waals surface area contributed by atoms with E-state index in [1.54, 1.807) is 18.2 Å². The van der Waals surface area contributed by atoms with Crippen LogP contribution in [-0.4, -0.2) is 43.7 Å². The first-order valence-corrected chi connectivity index (χ1v) is 17.2. The van der Waals surface area contributed by atoms with Crippen LogP contribution in [0, 0.1) is 0 Å². The number of rotatable bonds is 22. The van der Waals surface area contributed by atoms with Gasteiger partial charge in [0.15, 0.2) is 0 Å². The zero-order valence-corrected chi connectivity index (χ0v) is 27.8. The van der Waals surface area contributed by atoms with Gasteiger partial charge in [-0.3, -0.25) is 0 Å². The molecule has 2 atom stereocenters. The van der Waals surface area contributed by atoms with Gasteiger partial charge in [0.05, 0.1) is 6.10 Å². The highest BCUT2D eigenvalue weighted by Gasteiger charge is 2.22. The molecule has 0 spiro atoms. The summed E-state index contributed by atoms with van der Waals surface area (Å²) >= 11 is 0. The molecule has 2 rings (SSSR count). The molecule has 44 heavy (non-hydrogen) atoms. The van der Waals surface area contributed by atoms with Gasteiger partial charge in [-0.2, -0.15) is 0 Å². The Morgan fingerprint density at radius 1 is 0.636 bits per heavy atom. The molecule has 0 saturated heterocycles. The Kier molecular flexibility index (Phi) is 20.8. The van der Waals surface area contributed by atoms with E-state index in [0.717, 1.165) is 115 Å². The average molecular weight is 617 g/mol. The Hall–Kier alpha value is -2.93. The zero-order chi connectivity index (χ0) is 32.7. The van der Waals surface area contributed by atoms with E-state index in [1.807, 2.05) is 13.8 Å². The Morgan fingerprint density at radius 2 is 1.16 bits per heavy atom. The molecule has 7 nitrogen and oxygen atoms in total. The van der Waals surface area contributed by atoms with E-state index in [4.69, 9.17) is 4.74 Å². The van der Waals surface area contributed by atoms with Crippen molar-refractivity contribution in [3.8, 4) is 23.0 Å². The standard InChI is InChI=1S/C35H54O7.C2H6/c1-3-15-28(36)19-13-9-6-8-12-18-27-23-31(39)25-33(40)34(27)35(41)42-32(16-4-2)20-14-10-5-7-11-17-26-21-29(37)24-30(38)22-26;1-2/h21-25,28,32,36-40H,3-20H2,1-2H3;1-2H3. The SMILES string of the molecule is CC.CCCC(O)CCCCCCCc1cc(O)cc(O)c1C(=O)OC(CCC)CCCCCCCc1cc(O)cc(O)c1. The van der Waals surface area contributed by atoms with Gasteiger partial charge in [0.2, 0.25) is 0 Å². The summed E-state index contributed by atoms with van der Waals surface area (Å²) in [5.74, 6) is -0.662. The molecule has 0 amide bonds. The summed E-state index contributed by atoms with van der Waals surface area (Å²) in [6.45, 7) is 8.14. The lowest BCUT2D eigenvalue weighted by molar-refractivity contribution is 0.0249. The van der Waals surface area contributed by atoms with Gasteiger partial charge < -0.3 is 30.3 Å². The van der Waals surface area contributed by atoms with Crippen molar-refractivity contribution in [3.63, 3.8) is 0 Å². The predicted molar refractivity (Wildman–Crippen MR) is 179 cm³/mol. The third kappa shape index (κ3) is 16.2. The van der Waals surface area contributed by atoms with Crippen LogP contribution in [-0.2, 0) is 17.6 Å². The van der Waals surface area contributed by atoms with E-state index in [0.29, 0.717) is 12.0 Å². The van der Waals surface area contributed by atoms with Crippen LogP contribution in [0.5, 0.6) is 23.0 Å². The van der Waals surface area contributed by atoms with E-state index in [2.05, 4.69) is 13.8 Å². The molecule has 0 heterocycles. The maximum atomic E-state index is 13.2. The summed E-state index contributed by atoms with van der Waals surface area (Å²) in [6, 6.07) is 7.46. The van der Waals surface area contributed by atoms with Gasteiger partial charge in [-0.25, -0.2) is 4.79 Å². The number of carbonyl (C=O) groups is 1. The van der Waals surface area contributed by atoms with Gasteiger partial charge in [-0.15, -0.1) is 0 Å². The molecule has 5 N–H and O–H groups in total. The number of hydrogen-bond acceptors (Lipinski definition) is 7. The Bertz CT molecular complexity index is 1030. The highest BCUT2D eigenvalue weighted by atomic mass is 16.5. The first-order valence-electron chi connectivity index (χ1n) is 17.2. The number of carbonyl (C=O) groups excluding carboxylic acids is 1. The van der Waals surface area contributed by atoms with Gasteiger partial charge >= 0.3 is 5.97 Å². The van der Waals surface area contributed by atoms with Crippen LogP contribution in [0.4, 0.5) is 0 Å². The maximum absolute atomic E-state index is 13.2. The number of aryl methyl sites for hydroxylation is 2. The fourth-order valence-corrected chi connectivity index (χ4v) is 5.63. The van der Waals surface area contributed by atoms with Crippen LogP contribution in [0.3, 0.4) is 0 Å². The third-order valence-electron chi connectivity index (χ3n) is 7.83. The van der Waals surface area contributed by atoms with E-state index >= 15 is 0 Å². The molecule has 250 valence electrons. The first kappa shape index (κ1) is 39.1. The van der Waals surface area contributed by atoms with E-state index < -0.39 is 5.97 Å². The zero-order valence-electron chi connectivity index (χ0n) is 27.8. The average Bonchev–Trinajstić information content (AvgIpc) is 2.96. The van der Waals surface area contributed by atoms with Crippen LogP contribution in [0.1, 0.15) is 152 Å². The minimum atomic E-state index is -0.528. The van der Waals surface area contributed by atoms with Gasteiger partial charge in [-0.05, 0) is 87.1 Å². The fourth-order valence-electron chi connectivity index (χ4n) is 5.63.